The molecule has 3 N–H and O–H groups in total. The topological polar surface area (TPSA) is 64.6 Å². The number of anilines is 1. The Balaban J connectivity index is 1.67. The first-order chi connectivity index (χ1) is 10.7. The maximum Gasteiger partial charge on any atom is 0.315 e. The minimum Gasteiger partial charge on any atom is -0.396 e. The van der Waals surface area contributed by atoms with E-state index in [2.05, 4.69) is 39.8 Å². The number of carbonyl (C=O) groups is 1. The predicted octanol–water partition coefficient (Wildman–Crippen LogP) is 1.97. The van der Waals surface area contributed by atoms with Crippen molar-refractivity contribution >= 4 is 11.7 Å². The van der Waals surface area contributed by atoms with Gasteiger partial charge in [0.05, 0.1) is 0 Å². The van der Waals surface area contributed by atoms with E-state index in [4.69, 9.17) is 5.11 Å². The second-order valence-electron chi connectivity index (χ2n) is 6.06. The lowest BCUT2D eigenvalue weighted by molar-refractivity contribution is 0.233. The van der Waals surface area contributed by atoms with Crippen molar-refractivity contribution in [3.8, 4) is 0 Å². The minimum atomic E-state index is -0.108. The van der Waals surface area contributed by atoms with Gasteiger partial charge >= 0.3 is 6.03 Å². The molecular weight excluding hydrogens is 278 g/mol. The minimum absolute atomic E-state index is 0.0940. The molecule has 122 valence electrons. The van der Waals surface area contributed by atoms with Gasteiger partial charge in [-0.1, -0.05) is 18.2 Å². The number of nitrogens with one attached hydrogen (secondary N) is 2. The Bertz CT molecular complexity index is 452. The fourth-order valence-corrected chi connectivity index (χ4v) is 2.85. The van der Waals surface area contributed by atoms with Gasteiger partial charge in [0.15, 0.2) is 0 Å². The number of amides is 2. The van der Waals surface area contributed by atoms with Gasteiger partial charge < -0.3 is 20.6 Å². The molecule has 0 saturated carbocycles. The van der Waals surface area contributed by atoms with Crippen LogP contribution in [0.4, 0.5) is 10.5 Å². The number of urea groups is 1. The quantitative estimate of drug-likeness (QED) is 0.721. The monoisotopic (exact) mass is 305 g/mol. The summed E-state index contributed by atoms with van der Waals surface area (Å²) in [7, 11) is 0. The summed E-state index contributed by atoms with van der Waals surface area (Å²) < 4.78 is 0. The first kappa shape index (κ1) is 16.6. The van der Waals surface area contributed by atoms with Gasteiger partial charge in [-0.2, -0.15) is 0 Å². The molecule has 0 bridgehead atoms. The van der Waals surface area contributed by atoms with Gasteiger partial charge in [0.1, 0.15) is 0 Å². The lowest BCUT2D eigenvalue weighted by atomic mass is 10.1. The number of aliphatic hydroxyl groups excluding tert-OH is 1. The number of para-hydroxylation sites is 1. The third kappa shape index (κ3) is 5.22. The van der Waals surface area contributed by atoms with Crippen LogP contribution in [0.25, 0.3) is 0 Å². The molecule has 1 heterocycles. The van der Waals surface area contributed by atoms with E-state index in [1.54, 1.807) is 0 Å². The average molecular weight is 305 g/mol. The highest BCUT2D eigenvalue weighted by Crippen LogP contribution is 2.22. The average Bonchev–Trinajstić information content (AvgIpc) is 3.01. The van der Waals surface area contributed by atoms with Crippen molar-refractivity contribution in [2.24, 2.45) is 5.92 Å². The Morgan fingerprint density at radius 2 is 2.18 bits per heavy atom. The Morgan fingerprint density at radius 1 is 1.41 bits per heavy atom. The molecule has 0 radical (unpaired) electrons. The molecule has 0 aliphatic carbocycles. The molecule has 5 heteroatoms. The highest BCUT2D eigenvalue weighted by atomic mass is 16.3. The summed E-state index contributed by atoms with van der Waals surface area (Å²) in [5.74, 6) is 0.499. The first-order valence-corrected chi connectivity index (χ1v) is 8.14. The van der Waals surface area contributed by atoms with Crippen LogP contribution < -0.4 is 15.5 Å². The van der Waals surface area contributed by atoms with Crippen LogP contribution in [0.2, 0.25) is 0 Å². The molecule has 1 aliphatic rings. The Labute approximate surface area is 132 Å². The molecule has 1 aliphatic heterocycles. The second-order valence-corrected chi connectivity index (χ2v) is 6.06. The van der Waals surface area contributed by atoms with Gasteiger partial charge in [-0.25, -0.2) is 4.79 Å². The summed E-state index contributed by atoms with van der Waals surface area (Å²) in [6.07, 6.45) is 2.63. The van der Waals surface area contributed by atoms with Crippen LogP contribution in [0, 0.1) is 5.92 Å². The zero-order chi connectivity index (χ0) is 15.8. The molecule has 1 aromatic carbocycles. The van der Waals surface area contributed by atoms with Gasteiger partial charge in [0.2, 0.25) is 0 Å². The molecule has 0 aromatic heterocycles. The maximum absolute atomic E-state index is 11.8. The summed E-state index contributed by atoms with van der Waals surface area (Å²) in [6.45, 7) is 4.88. The first-order valence-electron chi connectivity index (χ1n) is 8.14. The van der Waals surface area contributed by atoms with Gasteiger partial charge in [0.25, 0.3) is 0 Å². The zero-order valence-corrected chi connectivity index (χ0v) is 13.3. The van der Waals surface area contributed by atoms with Crippen LogP contribution in [0.3, 0.4) is 0 Å². The lowest BCUT2D eigenvalue weighted by Crippen LogP contribution is -2.42. The van der Waals surface area contributed by atoms with Crippen molar-refractivity contribution in [1.29, 1.82) is 0 Å². The molecule has 1 saturated heterocycles. The molecule has 2 atom stereocenters. The number of hydrogen-bond donors (Lipinski definition) is 3. The van der Waals surface area contributed by atoms with Crippen LogP contribution in [-0.2, 0) is 0 Å². The van der Waals surface area contributed by atoms with Gasteiger partial charge in [-0.05, 0) is 44.2 Å². The molecule has 2 rings (SSSR count). The zero-order valence-electron chi connectivity index (χ0n) is 13.3. The highest BCUT2D eigenvalue weighted by molar-refractivity contribution is 5.74. The van der Waals surface area contributed by atoms with Crippen molar-refractivity contribution in [3.63, 3.8) is 0 Å². The van der Waals surface area contributed by atoms with Gasteiger partial charge in [-0.3, -0.25) is 0 Å². The fraction of sp³-hybridized carbons (Fsp3) is 0.588. The standard InChI is InChI=1S/C17H27N3O2/c1-14(6-5-11-21)19-17(22)18-12-15-9-10-20(13-15)16-7-3-2-4-8-16/h2-4,7-8,14-15,21H,5-6,9-13H2,1H3,(H2,18,19,22). The number of carbonyl (C=O) groups excluding carboxylic acids is 1. The summed E-state index contributed by atoms with van der Waals surface area (Å²) in [5.41, 5.74) is 1.26. The number of benzene rings is 1. The van der Waals surface area contributed by atoms with E-state index < -0.39 is 0 Å². The van der Waals surface area contributed by atoms with E-state index in [0.29, 0.717) is 12.5 Å². The SMILES string of the molecule is CC(CCCO)NC(=O)NCC1CCN(c2ccccc2)C1. The molecule has 2 unspecified atom stereocenters. The highest BCUT2D eigenvalue weighted by Gasteiger charge is 2.23. The van der Waals surface area contributed by atoms with Crippen LogP contribution >= 0.6 is 0 Å². The van der Waals surface area contributed by atoms with Crippen molar-refractivity contribution in [3.05, 3.63) is 30.3 Å². The molecule has 1 aromatic rings. The van der Waals surface area contributed by atoms with Crippen LogP contribution in [0.15, 0.2) is 30.3 Å². The second kappa shape index (κ2) is 8.63. The van der Waals surface area contributed by atoms with Gasteiger partial charge in [-0.15, -0.1) is 0 Å². The van der Waals surface area contributed by atoms with Crippen LogP contribution in [-0.4, -0.2) is 43.4 Å². The third-order valence-electron chi connectivity index (χ3n) is 4.13. The largest absolute Gasteiger partial charge is 0.396 e. The van der Waals surface area contributed by atoms with E-state index in [1.807, 2.05) is 13.0 Å². The summed E-state index contributed by atoms with van der Waals surface area (Å²) in [6, 6.07) is 10.4. The summed E-state index contributed by atoms with van der Waals surface area (Å²) in [4.78, 5) is 14.2. The van der Waals surface area contributed by atoms with Crippen molar-refractivity contribution in [2.75, 3.05) is 31.1 Å². The fourth-order valence-electron chi connectivity index (χ4n) is 2.85. The number of nitrogens with zero attached hydrogens (tertiary/aromatic N) is 1. The summed E-state index contributed by atoms with van der Waals surface area (Å²) >= 11 is 0. The predicted molar refractivity (Wildman–Crippen MR) is 89.1 cm³/mol. The van der Waals surface area contributed by atoms with E-state index in [0.717, 1.165) is 32.4 Å². The lowest BCUT2D eigenvalue weighted by Gasteiger charge is -2.19. The Hall–Kier alpha value is -1.75. The molecule has 22 heavy (non-hydrogen) atoms. The van der Waals surface area contributed by atoms with Crippen molar-refractivity contribution < 1.29 is 9.90 Å². The normalized spacial score (nSPS) is 19.0. The molecule has 0 spiro atoms. The van der Waals surface area contributed by atoms with Crippen LogP contribution in [0.5, 0.6) is 0 Å². The third-order valence-corrected chi connectivity index (χ3v) is 4.13. The van der Waals surface area contributed by atoms with E-state index in [-0.39, 0.29) is 18.7 Å². The molecule has 5 nitrogen and oxygen atoms in total. The smallest absolute Gasteiger partial charge is 0.315 e. The molecular formula is C17H27N3O2. The number of rotatable bonds is 7. The van der Waals surface area contributed by atoms with E-state index in [9.17, 15) is 4.79 Å². The Morgan fingerprint density at radius 3 is 2.91 bits per heavy atom. The maximum atomic E-state index is 11.8. The number of hydrogen-bond acceptors (Lipinski definition) is 3. The molecule has 2 amide bonds. The van der Waals surface area contributed by atoms with E-state index >= 15 is 0 Å². The van der Waals surface area contributed by atoms with Crippen molar-refractivity contribution in [2.45, 2.75) is 32.2 Å². The van der Waals surface area contributed by atoms with Crippen molar-refractivity contribution in [1.82, 2.24) is 10.6 Å². The van der Waals surface area contributed by atoms with Gasteiger partial charge in [0, 0.05) is 38.0 Å². The summed E-state index contributed by atoms with van der Waals surface area (Å²) in [5, 5.41) is 14.7. The molecule has 1 fully saturated rings. The number of aliphatic hydroxyl groups is 1. The Kier molecular flexibility index (Phi) is 6.52. The van der Waals surface area contributed by atoms with Crippen LogP contribution in [0.1, 0.15) is 26.2 Å². The van der Waals surface area contributed by atoms with E-state index in [1.165, 1.54) is 5.69 Å².